The van der Waals surface area contributed by atoms with Crippen LogP contribution < -0.4 is 4.90 Å². The molecule has 0 spiro atoms. The van der Waals surface area contributed by atoms with Gasteiger partial charge in [0, 0.05) is 31.0 Å². The monoisotopic (exact) mass is 458 g/mol. The number of rotatable bonds is 2. The van der Waals surface area contributed by atoms with Crippen molar-refractivity contribution in [1.82, 2.24) is 25.0 Å². The van der Waals surface area contributed by atoms with Crippen molar-refractivity contribution < 1.29 is 17.5 Å². The number of alkyl halides is 1. The van der Waals surface area contributed by atoms with Gasteiger partial charge in [-0.15, -0.1) is 0 Å². The normalized spacial score (nSPS) is 22.4. The molecule has 3 aromatic heterocycles. The number of halogens is 1. The number of hydrogen-bond donors (Lipinski definition) is 1. The van der Waals surface area contributed by atoms with Crippen LogP contribution in [0.5, 0.6) is 0 Å². The first-order valence-corrected chi connectivity index (χ1v) is 12.3. The summed E-state index contributed by atoms with van der Waals surface area (Å²) >= 11 is 0. The number of nitrogens with zero attached hydrogens (tertiary/aromatic N) is 5. The second-order valence-corrected chi connectivity index (χ2v) is 10.6. The van der Waals surface area contributed by atoms with Gasteiger partial charge in [0.25, 0.3) is 0 Å². The molecule has 2 fully saturated rings. The molecule has 9 nitrogen and oxygen atoms in total. The van der Waals surface area contributed by atoms with Crippen molar-refractivity contribution >= 4 is 26.7 Å². The number of morpholine rings is 1. The second-order valence-electron chi connectivity index (χ2n) is 8.25. The molecule has 1 atom stereocenters. The lowest BCUT2D eigenvalue weighted by atomic mass is 9.99. The number of sulfone groups is 1. The van der Waals surface area contributed by atoms with Crippen molar-refractivity contribution in [2.24, 2.45) is 0 Å². The van der Waals surface area contributed by atoms with E-state index in [2.05, 4.69) is 39.0 Å². The van der Waals surface area contributed by atoms with Gasteiger partial charge < -0.3 is 9.64 Å². The van der Waals surface area contributed by atoms with Crippen molar-refractivity contribution in [3.63, 3.8) is 0 Å². The Balaban J connectivity index is 1.60. The summed E-state index contributed by atoms with van der Waals surface area (Å²) in [7, 11) is -3.18. The zero-order valence-electron chi connectivity index (χ0n) is 17.6. The Bertz CT molecular complexity index is 1290. The van der Waals surface area contributed by atoms with Crippen LogP contribution in [0, 0.1) is 11.8 Å². The van der Waals surface area contributed by atoms with E-state index in [0.29, 0.717) is 48.0 Å². The van der Waals surface area contributed by atoms with Gasteiger partial charge in [0.2, 0.25) is 0 Å². The lowest BCUT2D eigenvalue weighted by molar-refractivity contribution is 0.0985. The fourth-order valence-electron chi connectivity index (χ4n) is 4.01. The maximum atomic E-state index is 15.2. The Labute approximate surface area is 184 Å². The minimum Gasteiger partial charge on any atom is -0.377 e. The summed E-state index contributed by atoms with van der Waals surface area (Å²) in [5.74, 6) is 6.69. The molecule has 0 bridgehead atoms. The molecule has 32 heavy (non-hydrogen) atoms. The van der Waals surface area contributed by atoms with E-state index in [4.69, 9.17) is 9.72 Å². The van der Waals surface area contributed by atoms with E-state index in [1.807, 2.05) is 6.07 Å². The quantitative estimate of drug-likeness (QED) is 0.582. The molecule has 2 aliphatic rings. The first kappa shape index (κ1) is 20.9. The third-order valence-electron chi connectivity index (χ3n) is 5.94. The number of aromatic nitrogens is 5. The fourth-order valence-corrected chi connectivity index (χ4v) is 5.49. The van der Waals surface area contributed by atoms with Crippen LogP contribution in [0.2, 0.25) is 0 Å². The molecule has 0 aromatic carbocycles. The van der Waals surface area contributed by atoms with E-state index in [-0.39, 0.29) is 30.4 Å². The van der Waals surface area contributed by atoms with Gasteiger partial charge in [-0.3, -0.25) is 5.10 Å². The number of nitrogens with one attached hydrogen (secondary N) is 1. The first-order valence-electron chi connectivity index (χ1n) is 10.5. The Kier molecular flexibility index (Phi) is 5.14. The van der Waals surface area contributed by atoms with Crippen molar-refractivity contribution in [3.8, 4) is 17.7 Å². The van der Waals surface area contributed by atoms with Gasteiger partial charge in [-0.25, -0.2) is 17.8 Å². The van der Waals surface area contributed by atoms with E-state index >= 15 is 4.39 Å². The fraction of sp³-hybridized carbons (Fsp3) is 0.476. The molecule has 0 radical (unpaired) electrons. The summed E-state index contributed by atoms with van der Waals surface area (Å²) in [6.45, 7) is 3.91. The van der Waals surface area contributed by atoms with Crippen molar-refractivity contribution in [3.05, 3.63) is 30.1 Å². The summed E-state index contributed by atoms with van der Waals surface area (Å²) in [5.41, 5.74) is -0.652. The molecule has 3 aromatic rings. The van der Waals surface area contributed by atoms with Crippen LogP contribution >= 0.6 is 0 Å². The highest BCUT2D eigenvalue weighted by atomic mass is 32.2. The molecule has 0 aliphatic carbocycles. The van der Waals surface area contributed by atoms with Gasteiger partial charge in [-0.2, -0.15) is 14.9 Å². The van der Waals surface area contributed by atoms with Gasteiger partial charge in [-0.05, 0) is 13.0 Å². The van der Waals surface area contributed by atoms with Gasteiger partial charge in [0.15, 0.2) is 27.0 Å². The number of H-pyrrole nitrogens is 1. The molecule has 0 unspecified atom stereocenters. The molecule has 0 amide bonds. The molecule has 5 heterocycles. The lowest BCUT2D eigenvalue weighted by Gasteiger charge is -2.34. The first-order chi connectivity index (χ1) is 15.3. The van der Waals surface area contributed by atoms with Crippen molar-refractivity contribution in [2.45, 2.75) is 31.5 Å². The molecule has 0 saturated carbocycles. The number of pyridine rings is 1. The van der Waals surface area contributed by atoms with Crippen LogP contribution in [0.15, 0.2) is 24.5 Å². The van der Waals surface area contributed by atoms with Gasteiger partial charge in [0.05, 0.1) is 48.5 Å². The van der Waals surface area contributed by atoms with E-state index in [0.717, 1.165) is 0 Å². The number of fused-ring (bicyclic) bond motifs is 1. The molecular formula is C21H23FN6O3S. The molecule has 1 N–H and O–H groups in total. The van der Waals surface area contributed by atoms with Crippen molar-refractivity contribution in [2.75, 3.05) is 36.2 Å². The topological polar surface area (TPSA) is 106 Å². The Morgan fingerprint density at radius 1 is 1.34 bits per heavy atom. The Hall–Kier alpha value is -2.97. The van der Waals surface area contributed by atoms with E-state index in [9.17, 15) is 8.42 Å². The van der Waals surface area contributed by atoms with E-state index in [1.54, 1.807) is 23.1 Å². The van der Waals surface area contributed by atoms with Crippen molar-refractivity contribution in [1.29, 1.82) is 0 Å². The van der Waals surface area contributed by atoms with Crippen LogP contribution in [0.1, 0.15) is 25.3 Å². The highest BCUT2D eigenvalue weighted by molar-refractivity contribution is 7.91. The van der Waals surface area contributed by atoms with Crippen LogP contribution in [-0.2, 0) is 14.6 Å². The molecular weight excluding hydrogens is 435 g/mol. The number of aromatic amines is 1. The van der Waals surface area contributed by atoms with Gasteiger partial charge >= 0.3 is 0 Å². The average molecular weight is 459 g/mol. The molecule has 2 saturated heterocycles. The maximum Gasteiger partial charge on any atom is 0.173 e. The Morgan fingerprint density at radius 3 is 2.88 bits per heavy atom. The van der Waals surface area contributed by atoms with Crippen LogP contribution in [0.25, 0.3) is 16.9 Å². The van der Waals surface area contributed by atoms with Crippen LogP contribution in [-0.4, -0.2) is 76.4 Å². The molecule has 11 heteroatoms. The molecule has 5 rings (SSSR count). The van der Waals surface area contributed by atoms with Crippen LogP contribution in [0.4, 0.5) is 10.2 Å². The van der Waals surface area contributed by atoms with E-state index < -0.39 is 15.5 Å². The smallest absolute Gasteiger partial charge is 0.173 e. The predicted octanol–water partition coefficient (Wildman–Crippen LogP) is 1.64. The third-order valence-corrected chi connectivity index (χ3v) is 7.60. The molecule has 2 aliphatic heterocycles. The zero-order valence-corrected chi connectivity index (χ0v) is 18.4. The summed E-state index contributed by atoms with van der Waals surface area (Å²) in [6.07, 6.45) is 3.05. The molecule has 168 valence electrons. The number of hydrogen-bond acceptors (Lipinski definition) is 7. The average Bonchev–Trinajstić information content (AvgIpc) is 3.44. The lowest BCUT2D eigenvalue weighted by Crippen LogP contribution is -2.44. The van der Waals surface area contributed by atoms with Crippen LogP contribution in [0.3, 0.4) is 0 Å². The highest BCUT2D eigenvalue weighted by Crippen LogP contribution is 2.29. The SMILES string of the molecule is C[C@@H]1COCCN1c1cc(C#CC2(F)CCS(=O)(=O)CC2)c2cnn(-c3ccn[nH]3)c2n1. The van der Waals surface area contributed by atoms with Gasteiger partial charge in [-0.1, -0.05) is 11.8 Å². The summed E-state index contributed by atoms with van der Waals surface area (Å²) in [6, 6.07) is 3.75. The van der Waals surface area contributed by atoms with E-state index in [1.165, 1.54) is 0 Å². The summed E-state index contributed by atoms with van der Waals surface area (Å²) < 4.78 is 45.8. The minimum atomic E-state index is -3.18. The highest BCUT2D eigenvalue weighted by Gasteiger charge is 2.36. The third kappa shape index (κ3) is 3.96. The largest absolute Gasteiger partial charge is 0.377 e. The second kappa shape index (κ2) is 7.86. The number of anilines is 1. The Morgan fingerprint density at radius 2 is 2.16 bits per heavy atom. The minimum absolute atomic E-state index is 0.114. The van der Waals surface area contributed by atoms with Gasteiger partial charge in [0.1, 0.15) is 5.82 Å². The standard InChI is InChI=1S/C21H23FN6O3S/c1-15-14-31-9-8-27(15)19-12-16(2-4-21(22)5-10-32(29,30)11-6-21)17-13-24-28(20(17)25-19)18-3-7-23-26-18/h3,7,12-13,15H,5-6,8-11,14H2,1H3,(H,23,26)/t15-/m1/s1. The predicted molar refractivity (Wildman–Crippen MR) is 117 cm³/mol. The number of ether oxygens (including phenoxy) is 1. The summed E-state index contributed by atoms with van der Waals surface area (Å²) in [4.78, 5) is 6.97. The summed E-state index contributed by atoms with van der Waals surface area (Å²) in [5, 5.41) is 12.0. The maximum absolute atomic E-state index is 15.2. The zero-order chi connectivity index (χ0) is 22.3.